The third kappa shape index (κ3) is 4.76. The Morgan fingerprint density at radius 1 is 1.12 bits per heavy atom. The van der Waals surface area contributed by atoms with Crippen molar-refractivity contribution in [1.29, 1.82) is 0 Å². The van der Waals surface area contributed by atoms with E-state index in [1.165, 1.54) is 11.6 Å². The van der Waals surface area contributed by atoms with Crippen LogP contribution in [0.3, 0.4) is 0 Å². The largest absolute Gasteiger partial charge is 0.491 e. The number of aliphatic hydroxyl groups excluding tert-OH is 1. The Labute approximate surface area is 194 Å². The summed E-state index contributed by atoms with van der Waals surface area (Å²) in [5, 5.41) is 10.6. The number of esters is 1. The second-order valence-corrected chi connectivity index (χ2v) is 7.71. The van der Waals surface area contributed by atoms with E-state index in [4.69, 9.17) is 9.47 Å². The Morgan fingerprint density at radius 2 is 1.82 bits per heavy atom. The number of nitrogens with zero attached hydrogens (tertiary/aromatic N) is 3. The third-order valence-corrected chi connectivity index (χ3v) is 5.33. The maximum atomic E-state index is 12.6. The number of aliphatic hydroxyl groups is 1. The van der Waals surface area contributed by atoms with Crippen LogP contribution in [0.2, 0.25) is 0 Å². The number of aromatic nitrogens is 4. The van der Waals surface area contributed by atoms with Gasteiger partial charge >= 0.3 is 17.7 Å². The first-order chi connectivity index (χ1) is 16.4. The smallest absolute Gasteiger partial charge is 0.345 e. The lowest BCUT2D eigenvalue weighted by molar-refractivity contribution is 0.0684. The van der Waals surface area contributed by atoms with Crippen LogP contribution in [0, 0.1) is 0 Å². The summed E-state index contributed by atoms with van der Waals surface area (Å²) in [4.78, 5) is 43.6. The highest BCUT2D eigenvalue weighted by molar-refractivity contribution is 5.91. The van der Waals surface area contributed by atoms with Gasteiger partial charge in [-0.3, -0.25) is 18.9 Å². The maximum Gasteiger partial charge on any atom is 0.345 e. The number of hydrogen-bond acceptors (Lipinski definition) is 7. The summed E-state index contributed by atoms with van der Waals surface area (Å²) in [6, 6.07) is 15.5. The molecule has 2 heterocycles. The summed E-state index contributed by atoms with van der Waals surface area (Å²) >= 11 is 0. The Hall–Kier alpha value is -4.18. The van der Waals surface area contributed by atoms with Gasteiger partial charge in [0.1, 0.15) is 18.5 Å². The molecule has 10 heteroatoms. The highest BCUT2D eigenvalue weighted by Gasteiger charge is 2.23. The van der Waals surface area contributed by atoms with Gasteiger partial charge in [-0.2, -0.15) is 4.98 Å². The summed E-state index contributed by atoms with van der Waals surface area (Å²) in [5.74, 6) is -0.108. The molecule has 1 atom stereocenters. The van der Waals surface area contributed by atoms with Crippen molar-refractivity contribution < 1.29 is 19.4 Å². The molecule has 0 spiro atoms. The molecule has 0 bridgehead atoms. The number of rotatable bonds is 8. The molecule has 10 nitrogen and oxygen atoms in total. The Kier molecular flexibility index (Phi) is 6.60. The van der Waals surface area contributed by atoms with Crippen molar-refractivity contribution in [2.45, 2.75) is 26.0 Å². The number of aromatic amines is 1. The average Bonchev–Trinajstić information content (AvgIpc) is 3.20. The summed E-state index contributed by atoms with van der Waals surface area (Å²) in [5.41, 5.74) is 0.0754. The number of imidazole rings is 1. The van der Waals surface area contributed by atoms with Gasteiger partial charge in [0.25, 0.3) is 5.56 Å². The first-order valence-electron chi connectivity index (χ1n) is 10.7. The number of fused-ring (bicyclic) bond motifs is 1. The van der Waals surface area contributed by atoms with Crippen LogP contribution in [0.1, 0.15) is 22.8 Å². The van der Waals surface area contributed by atoms with E-state index in [-0.39, 0.29) is 35.9 Å². The zero-order valence-electron chi connectivity index (χ0n) is 18.7. The van der Waals surface area contributed by atoms with Crippen molar-refractivity contribution in [2.75, 3.05) is 6.61 Å². The van der Waals surface area contributed by atoms with Crippen molar-refractivity contribution in [1.82, 2.24) is 19.1 Å². The van der Waals surface area contributed by atoms with Crippen molar-refractivity contribution in [2.24, 2.45) is 7.05 Å². The van der Waals surface area contributed by atoms with Crippen molar-refractivity contribution in [3.63, 3.8) is 0 Å². The lowest BCUT2D eigenvalue weighted by Crippen LogP contribution is -2.30. The molecule has 0 saturated carbocycles. The molecule has 0 unspecified atom stereocenters. The minimum absolute atomic E-state index is 0.00990. The molecule has 176 valence electrons. The molecule has 2 N–H and O–H groups in total. The first kappa shape index (κ1) is 23.0. The van der Waals surface area contributed by atoms with Gasteiger partial charge in [0, 0.05) is 7.05 Å². The Bertz CT molecular complexity index is 1420. The van der Waals surface area contributed by atoms with Crippen LogP contribution in [0.15, 0.2) is 64.2 Å². The van der Waals surface area contributed by atoms with E-state index in [2.05, 4.69) is 16.9 Å². The van der Waals surface area contributed by atoms with E-state index in [9.17, 15) is 19.5 Å². The number of carbonyl (C=O) groups is 1. The van der Waals surface area contributed by atoms with E-state index in [0.717, 1.165) is 16.6 Å². The van der Waals surface area contributed by atoms with Crippen molar-refractivity contribution >= 4 is 17.1 Å². The lowest BCUT2D eigenvalue weighted by atomic mass is 10.2. The van der Waals surface area contributed by atoms with Gasteiger partial charge in [0.05, 0.1) is 12.1 Å². The van der Waals surface area contributed by atoms with Gasteiger partial charge in [0.15, 0.2) is 11.2 Å². The van der Waals surface area contributed by atoms with E-state index in [1.807, 2.05) is 24.3 Å². The summed E-state index contributed by atoms with van der Waals surface area (Å²) in [6.45, 7) is 1.80. The second-order valence-electron chi connectivity index (χ2n) is 7.71. The molecule has 0 aliphatic heterocycles. The average molecular weight is 464 g/mol. The topological polar surface area (TPSA) is 128 Å². The minimum Gasteiger partial charge on any atom is -0.491 e. The maximum absolute atomic E-state index is 12.6. The van der Waals surface area contributed by atoms with Gasteiger partial charge < -0.3 is 14.6 Å². The van der Waals surface area contributed by atoms with E-state index in [0.29, 0.717) is 5.75 Å². The summed E-state index contributed by atoms with van der Waals surface area (Å²) in [6.07, 6.45) is -0.174. The van der Waals surface area contributed by atoms with E-state index >= 15 is 0 Å². The van der Waals surface area contributed by atoms with Gasteiger partial charge in [-0.25, -0.2) is 9.59 Å². The van der Waals surface area contributed by atoms with Crippen LogP contribution in [-0.4, -0.2) is 42.9 Å². The zero-order valence-corrected chi connectivity index (χ0v) is 18.7. The van der Waals surface area contributed by atoms with Gasteiger partial charge in [-0.1, -0.05) is 37.3 Å². The number of ether oxygens (including phenoxy) is 2. The molecule has 0 saturated heterocycles. The minimum atomic E-state index is -1.07. The highest BCUT2D eigenvalue weighted by atomic mass is 16.6. The lowest BCUT2D eigenvalue weighted by Gasteiger charge is -2.15. The van der Waals surface area contributed by atoms with Gasteiger partial charge in [0.2, 0.25) is 0 Å². The predicted molar refractivity (Wildman–Crippen MR) is 124 cm³/mol. The van der Waals surface area contributed by atoms with Crippen LogP contribution in [0.5, 0.6) is 11.8 Å². The number of hydrogen-bond donors (Lipinski definition) is 2. The molecule has 4 aromatic rings. The molecule has 34 heavy (non-hydrogen) atoms. The molecular weight excluding hydrogens is 440 g/mol. The van der Waals surface area contributed by atoms with Gasteiger partial charge in [-0.05, 0) is 36.2 Å². The van der Waals surface area contributed by atoms with Crippen molar-refractivity contribution in [3.8, 4) is 11.8 Å². The predicted octanol–water partition coefficient (Wildman–Crippen LogP) is 1.64. The van der Waals surface area contributed by atoms with Crippen molar-refractivity contribution in [3.05, 3.63) is 86.6 Å². The normalized spacial score (nSPS) is 12.0. The standard InChI is InChI=1S/C24H24N4O6/c1-3-15-9-11-18(12-10-15)33-14-17(29)13-28-19-20(27(2)23(32)26-21(19)30)25-24(28)34-22(31)16-7-5-4-6-8-16/h4-12,17,29H,3,13-14H2,1-2H3,(H,26,30,32)/t17-/m0/s1. The van der Waals surface area contributed by atoms with Gasteiger partial charge in [-0.15, -0.1) is 0 Å². The molecule has 2 aromatic heterocycles. The van der Waals surface area contributed by atoms with Crippen LogP contribution < -0.4 is 20.7 Å². The molecule has 0 aliphatic carbocycles. The monoisotopic (exact) mass is 464 g/mol. The SMILES string of the molecule is CCc1ccc(OC[C@@H](O)Cn2c(OC(=O)c3ccccc3)nc3c2c(=O)[nH]c(=O)n3C)cc1. The van der Waals surface area contributed by atoms with Crippen LogP contribution in [0.25, 0.3) is 11.2 Å². The number of H-pyrrole nitrogens is 1. The van der Waals surface area contributed by atoms with Crippen LogP contribution in [0.4, 0.5) is 0 Å². The van der Waals surface area contributed by atoms with E-state index in [1.54, 1.807) is 30.3 Å². The third-order valence-electron chi connectivity index (χ3n) is 5.33. The highest BCUT2D eigenvalue weighted by Crippen LogP contribution is 2.20. The molecular formula is C24H24N4O6. The quantitative estimate of drug-likeness (QED) is 0.379. The molecule has 0 amide bonds. The fraction of sp³-hybridized carbons (Fsp3) is 0.250. The number of carbonyl (C=O) groups excluding carboxylic acids is 1. The summed E-state index contributed by atoms with van der Waals surface area (Å²) in [7, 11) is 1.43. The second kappa shape index (κ2) is 9.75. The number of benzene rings is 2. The number of aryl methyl sites for hydroxylation is 2. The fourth-order valence-corrected chi connectivity index (χ4v) is 3.46. The molecule has 4 rings (SSSR count). The summed E-state index contributed by atoms with van der Waals surface area (Å²) < 4.78 is 13.5. The van der Waals surface area contributed by atoms with Crippen LogP contribution in [-0.2, 0) is 20.0 Å². The molecule has 0 aliphatic rings. The van der Waals surface area contributed by atoms with Crippen LogP contribution >= 0.6 is 0 Å². The number of nitrogens with one attached hydrogen (secondary N) is 1. The van der Waals surface area contributed by atoms with E-state index < -0.39 is 23.3 Å². The molecule has 0 fully saturated rings. The Morgan fingerprint density at radius 3 is 2.50 bits per heavy atom. The first-order valence-corrected chi connectivity index (χ1v) is 10.7. The fourth-order valence-electron chi connectivity index (χ4n) is 3.46. The Balaban J connectivity index is 1.63. The molecule has 2 aromatic carbocycles. The zero-order chi connectivity index (χ0) is 24.2. The molecule has 0 radical (unpaired) electrons.